The van der Waals surface area contributed by atoms with Gasteiger partial charge < -0.3 is 10.5 Å². The summed E-state index contributed by atoms with van der Waals surface area (Å²) in [5, 5.41) is 13.5. The molecule has 2 N–H and O–H groups in total. The van der Waals surface area contributed by atoms with Crippen LogP contribution in [0.3, 0.4) is 0 Å². The molecule has 0 aliphatic carbocycles. The van der Waals surface area contributed by atoms with Gasteiger partial charge in [0.15, 0.2) is 11.6 Å². The Kier molecular flexibility index (Phi) is 4.50. The lowest BCUT2D eigenvalue weighted by Gasteiger charge is -2.22. The predicted octanol–water partition coefficient (Wildman–Crippen LogP) is 3.79. The Morgan fingerprint density at radius 1 is 1.19 bits per heavy atom. The van der Waals surface area contributed by atoms with Crippen molar-refractivity contribution in [2.24, 2.45) is 0 Å². The number of fused-ring (bicyclic) bond motifs is 7. The summed E-state index contributed by atoms with van der Waals surface area (Å²) in [6.45, 7) is 8.89. The number of rotatable bonds is 1. The van der Waals surface area contributed by atoms with E-state index < -0.39 is 0 Å². The molecule has 158 valence electrons. The first-order valence-electron chi connectivity index (χ1n) is 10.5. The summed E-state index contributed by atoms with van der Waals surface area (Å²) in [5.41, 5.74) is 14.2. The second-order valence-electron chi connectivity index (χ2n) is 7.97. The maximum absolute atomic E-state index is 6.35. The number of nitrogens with zero attached hydrogens (tertiary/aromatic N) is 6. The second kappa shape index (κ2) is 7.23. The largest absolute Gasteiger partial charge is 0.482 e. The molecule has 0 spiro atoms. The highest BCUT2D eigenvalue weighted by Gasteiger charge is 2.24. The van der Waals surface area contributed by atoms with Gasteiger partial charge in [-0.15, -0.1) is 5.10 Å². The monoisotopic (exact) mass is 415 g/mol. The van der Waals surface area contributed by atoms with E-state index in [1.54, 1.807) is 6.20 Å². The number of benzene rings is 1. The van der Waals surface area contributed by atoms with Gasteiger partial charge in [0.1, 0.15) is 6.10 Å². The molecule has 2 bridgehead atoms. The fraction of sp³-hybridized carbons (Fsp3) is 0.304. The number of pyridine rings is 1. The molecular formula is C23H25N7O. The SMILES string of the molecule is CCn1ncc2c1-c1cnc(N)c(c1)O[C@H](C)c1cc(C)ccc1-n1nnc(C)c1C2. The van der Waals surface area contributed by atoms with Crippen molar-refractivity contribution in [1.82, 2.24) is 29.8 Å². The zero-order valence-corrected chi connectivity index (χ0v) is 18.1. The van der Waals surface area contributed by atoms with Crippen molar-refractivity contribution in [2.45, 2.75) is 46.8 Å². The molecule has 0 radical (unpaired) electrons. The van der Waals surface area contributed by atoms with Gasteiger partial charge in [-0.05, 0) is 39.8 Å². The molecule has 0 unspecified atom stereocenters. The highest BCUT2D eigenvalue weighted by atomic mass is 16.5. The summed E-state index contributed by atoms with van der Waals surface area (Å²) >= 11 is 0. The average Bonchev–Trinajstić information content (AvgIpc) is 3.33. The van der Waals surface area contributed by atoms with Gasteiger partial charge in [-0.2, -0.15) is 5.10 Å². The number of nitrogens with two attached hydrogens (primary N) is 1. The third kappa shape index (κ3) is 3.15. The molecule has 0 fully saturated rings. The molecule has 1 aliphatic heterocycles. The van der Waals surface area contributed by atoms with Gasteiger partial charge in [-0.3, -0.25) is 4.68 Å². The van der Waals surface area contributed by atoms with Crippen LogP contribution in [0.1, 0.15) is 48.0 Å². The van der Waals surface area contributed by atoms with E-state index in [-0.39, 0.29) is 6.10 Å². The van der Waals surface area contributed by atoms with Crippen molar-refractivity contribution in [3.05, 3.63) is 64.7 Å². The van der Waals surface area contributed by atoms with Crippen molar-refractivity contribution in [3.63, 3.8) is 0 Å². The van der Waals surface area contributed by atoms with Gasteiger partial charge in [0.2, 0.25) is 0 Å². The van der Waals surface area contributed by atoms with Crippen LogP contribution in [0.15, 0.2) is 36.7 Å². The van der Waals surface area contributed by atoms with Gasteiger partial charge >= 0.3 is 0 Å². The first-order valence-corrected chi connectivity index (χ1v) is 10.5. The summed E-state index contributed by atoms with van der Waals surface area (Å²) in [7, 11) is 0. The number of anilines is 1. The fourth-order valence-corrected chi connectivity index (χ4v) is 4.21. The molecule has 31 heavy (non-hydrogen) atoms. The molecule has 4 aromatic rings. The Hall–Kier alpha value is -3.68. The first kappa shape index (κ1) is 19.3. The number of ether oxygens (including phenoxy) is 1. The standard InChI is InChI=1S/C23H25N7O/c1-5-29-22-16(12-26-29)9-20-14(3)27-28-30(20)19-7-6-13(2)8-18(19)15(4)31-21-10-17(22)11-25-23(21)24/h6-8,10-12,15H,5,9H2,1-4H3,(H2,24,25)/t15-/m1/s1. The third-order valence-corrected chi connectivity index (χ3v) is 5.84. The van der Waals surface area contributed by atoms with Gasteiger partial charge in [0, 0.05) is 35.9 Å². The highest BCUT2D eigenvalue weighted by Crippen LogP contribution is 2.36. The van der Waals surface area contributed by atoms with Gasteiger partial charge in [-0.1, -0.05) is 22.9 Å². The molecule has 1 aliphatic rings. The van der Waals surface area contributed by atoms with Crippen LogP contribution in [0.2, 0.25) is 0 Å². The van der Waals surface area contributed by atoms with E-state index >= 15 is 0 Å². The highest BCUT2D eigenvalue weighted by molar-refractivity contribution is 5.68. The van der Waals surface area contributed by atoms with Gasteiger partial charge in [0.25, 0.3) is 0 Å². The molecule has 1 aromatic carbocycles. The summed E-state index contributed by atoms with van der Waals surface area (Å²) in [4.78, 5) is 4.42. The molecular weight excluding hydrogens is 390 g/mol. The first-order chi connectivity index (χ1) is 15.0. The minimum absolute atomic E-state index is 0.262. The molecule has 8 heteroatoms. The topological polar surface area (TPSA) is 96.7 Å². The number of hydrogen-bond donors (Lipinski definition) is 1. The molecule has 4 heterocycles. The molecule has 0 amide bonds. The quantitative estimate of drug-likeness (QED) is 0.508. The Morgan fingerprint density at radius 3 is 2.84 bits per heavy atom. The minimum Gasteiger partial charge on any atom is -0.482 e. The smallest absolute Gasteiger partial charge is 0.166 e. The maximum Gasteiger partial charge on any atom is 0.166 e. The van der Waals surface area contributed by atoms with Crippen LogP contribution in [-0.4, -0.2) is 29.8 Å². The van der Waals surface area contributed by atoms with Gasteiger partial charge in [-0.25, -0.2) is 9.67 Å². The zero-order chi connectivity index (χ0) is 21.7. The number of hydrogen-bond acceptors (Lipinski definition) is 6. The van der Waals surface area contributed by atoms with Crippen LogP contribution in [0.25, 0.3) is 16.9 Å². The number of aryl methyl sites for hydroxylation is 3. The van der Waals surface area contributed by atoms with Crippen molar-refractivity contribution >= 4 is 5.82 Å². The lowest BCUT2D eigenvalue weighted by Crippen LogP contribution is -2.14. The van der Waals surface area contributed by atoms with Crippen LogP contribution in [0.5, 0.6) is 5.75 Å². The van der Waals surface area contributed by atoms with Crippen molar-refractivity contribution in [2.75, 3.05) is 5.73 Å². The van der Waals surface area contributed by atoms with Crippen molar-refractivity contribution in [1.29, 1.82) is 0 Å². The Labute approximate surface area is 180 Å². The average molecular weight is 416 g/mol. The lowest BCUT2D eigenvalue weighted by molar-refractivity contribution is 0.227. The Morgan fingerprint density at radius 2 is 2.03 bits per heavy atom. The van der Waals surface area contributed by atoms with E-state index in [1.165, 1.54) is 0 Å². The normalized spacial score (nSPS) is 15.2. The number of aromatic nitrogens is 6. The van der Waals surface area contributed by atoms with E-state index in [0.717, 1.165) is 51.6 Å². The van der Waals surface area contributed by atoms with Crippen molar-refractivity contribution < 1.29 is 4.74 Å². The van der Waals surface area contributed by atoms with Crippen LogP contribution in [-0.2, 0) is 13.0 Å². The van der Waals surface area contributed by atoms with Crippen LogP contribution in [0, 0.1) is 13.8 Å². The van der Waals surface area contributed by atoms with Crippen LogP contribution in [0.4, 0.5) is 5.82 Å². The Balaban J connectivity index is 1.82. The van der Waals surface area contributed by atoms with Crippen LogP contribution >= 0.6 is 0 Å². The van der Waals surface area contributed by atoms with E-state index in [4.69, 9.17) is 10.5 Å². The maximum atomic E-state index is 6.35. The van der Waals surface area contributed by atoms with E-state index in [9.17, 15) is 0 Å². The Bertz CT molecular complexity index is 1290. The zero-order valence-electron chi connectivity index (χ0n) is 18.1. The number of nitrogen functional groups attached to an aromatic ring is 1. The van der Waals surface area contributed by atoms with E-state index in [2.05, 4.69) is 52.4 Å². The van der Waals surface area contributed by atoms with Crippen molar-refractivity contribution in [3.8, 4) is 22.7 Å². The fourth-order valence-electron chi connectivity index (χ4n) is 4.21. The van der Waals surface area contributed by atoms with E-state index in [0.29, 0.717) is 18.0 Å². The summed E-state index contributed by atoms with van der Waals surface area (Å²) in [5.74, 6) is 0.922. The third-order valence-electron chi connectivity index (χ3n) is 5.84. The molecule has 0 saturated heterocycles. The summed E-state index contributed by atoms with van der Waals surface area (Å²) < 4.78 is 10.2. The molecule has 8 nitrogen and oxygen atoms in total. The molecule has 0 saturated carbocycles. The molecule has 1 atom stereocenters. The summed E-state index contributed by atoms with van der Waals surface area (Å²) in [6.07, 6.45) is 4.08. The minimum atomic E-state index is -0.262. The molecule has 3 aromatic heterocycles. The molecule has 5 rings (SSSR count). The lowest BCUT2D eigenvalue weighted by atomic mass is 10.0. The summed E-state index contributed by atoms with van der Waals surface area (Å²) in [6, 6.07) is 8.24. The van der Waals surface area contributed by atoms with Crippen LogP contribution < -0.4 is 10.5 Å². The van der Waals surface area contributed by atoms with Gasteiger partial charge in [0.05, 0.1) is 29.0 Å². The second-order valence-corrected chi connectivity index (χ2v) is 7.97. The van der Waals surface area contributed by atoms with E-state index in [1.807, 2.05) is 35.5 Å². The predicted molar refractivity (Wildman–Crippen MR) is 118 cm³/mol.